The van der Waals surface area contributed by atoms with Crippen molar-refractivity contribution in [3.63, 3.8) is 0 Å². The third-order valence-corrected chi connectivity index (χ3v) is 2.65. The van der Waals surface area contributed by atoms with E-state index in [1.807, 2.05) is 14.1 Å². The number of anilines is 1. The van der Waals surface area contributed by atoms with E-state index in [1.165, 1.54) is 0 Å². The fraction of sp³-hybridized carbons (Fsp3) is 0.538. The molecular formula is C13H20N4. The maximum absolute atomic E-state index is 9.02. The monoisotopic (exact) mass is 232 g/mol. The number of hydrogen-bond donors (Lipinski definition) is 1. The highest BCUT2D eigenvalue weighted by Crippen LogP contribution is 2.16. The van der Waals surface area contributed by atoms with E-state index in [0.29, 0.717) is 17.5 Å². The van der Waals surface area contributed by atoms with Crippen LogP contribution in [0.4, 0.5) is 5.69 Å². The summed E-state index contributed by atoms with van der Waals surface area (Å²) in [4.78, 5) is 6.20. The molecule has 0 aromatic carbocycles. The Balaban J connectivity index is 2.83. The Labute approximate surface area is 103 Å². The summed E-state index contributed by atoms with van der Waals surface area (Å²) in [5.74, 6) is 0.490. The SMILES string of the molecule is CC(C)C(CN(C)C)Nc1cnccc1C#N. The van der Waals surface area contributed by atoms with Crippen molar-refractivity contribution < 1.29 is 0 Å². The molecule has 0 saturated heterocycles. The summed E-state index contributed by atoms with van der Waals surface area (Å²) in [6.45, 7) is 5.27. The normalized spacial score (nSPS) is 12.5. The minimum atomic E-state index is 0.307. The molecule has 1 N–H and O–H groups in total. The van der Waals surface area contributed by atoms with E-state index in [2.05, 4.69) is 35.1 Å². The number of hydrogen-bond acceptors (Lipinski definition) is 4. The molecule has 4 nitrogen and oxygen atoms in total. The van der Waals surface area contributed by atoms with E-state index < -0.39 is 0 Å². The molecule has 1 atom stereocenters. The average molecular weight is 232 g/mol. The zero-order valence-corrected chi connectivity index (χ0v) is 10.9. The Morgan fingerprint density at radius 2 is 2.18 bits per heavy atom. The molecule has 92 valence electrons. The molecule has 1 heterocycles. The van der Waals surface area contributed by atoms with E-state index in [1.54, 1.807) is 18.5 Å². The molecule has 0 spiro atoms. The molecule has 0 radical (unpaired) electrons. The smallest absolute Gasteiger partial charge is 0.101 e. The van der Waals surface area contributed by atoms with Crippen molar-refractivity contribution in [1.82, 2.24) is 9.88 Å². The largest absolute Gasteiger partial charge is 0.378 e. The number of nitrogens with zero attached hydrogens (tertiary/aromatic N) is 3. The summed E-state index contributed by atoms with van der Waals surface area (Å²) < 4.78 is 0. The third kappa shape index (κ3) is 4.04. The highest BCUT2D eigenvalue weighted by Gasteiger charge is 2.15. The van der Waals surface area contributed by atoms with Crippen LogP contribution in [0.25, 0.3) is 0 Å². The maximum Gasteiger partial charge on any atom is 0.101 e. The van der Waals surface area contributed by atoms with E-state index in [0.717, 1.165) is 12.2 Å². The number of rotatable bonds is 5. The van der Waals surface area contributed by atoms with Crippen LogP contribution in [-0.4, -0.2) is 36.6 Å². The van der Waals surface area contributed by atoms with Crippen LogP contribution >= 0.6 is 0 Å². The van der Waals surface area contributed by atoms with Crippen LogP contribution in [0, 0.1) is 17.2 Å². The van der Waals surface area contributed by atoms with Crippen LogP contribution < -0.4 is 5.32 Å². The second-order valence-electron chi connectivity index (χ2n) is 4.79. The predicted molar refractivity (Wildman–Crippen MR) is 69.8 cm³/mol. The molecule has 1 aromatic rings. The van der Waals surface area contributed by atoms with Gasteiger partial charge in [0.25, 0.3) is 0 Å². The fourth-order valence-corrected chi connectivity index (χ4v) is 1.62. The Morgan fingerprint density at radius 1 is 1.47 bits per heavy atom. The molecule has 1 aromatic heterocycles. The number of nitriles is 1. The summed E-state index contributed by atoms with van der Waals surface area (Å²) in [6, 6.07) is 4.22. The molecule has 1 unspecified atom stereocenters. The molecule has 1 rings (SSSR count). The first kappa shape index (κ1) is 13.5. The van der Waals surface area contributed by atoms with Gasteiger partial charge in [0.1, 0.15) is 6.07 Å². The van der Waals surface area contributed by atoms with Crippen LogP contribution in [0.15, 0.2) is 18.5 Å². The summed E-state index contributed by atoms with van der Waals surface area (Å²) >= 11 is 0. The van der Waals surface area contributed by atoms with Crippen molar-refractivity contribution in [3.05, 3.63) is 24.0 Å². The van der Waals surface area contributed by atoms with E-state index >= 15 is 0 Å². The zero-order chi connectivity index (χ0) is 12.8. The summed E-state index contributed by atoms with van der Waals surface area (Å²) in [6.07, 6.45) is 3.35. The van der Waals surface area contributed by atoms with Gasteiger partial charge < -0.3 is 10.2 Å². The van der Waals surface area contributed by atoms with Crippen molar-refractivity contribution >= 4 is 5.69 Å². The number of aromatic nitrogens is 1. The van der Waals surface area contributed by atoms with Crippen molar-refractivity contribution in [1.29, 1.82) is 5.26 Å². The Morgan fingerprint density at radius 3 is 2.71 bits per heavy atom. The fourth-order valence-electron chi connectivity index (χ4n) is 1.62. The highest BCUT2D eigenvalue weighted by molar-refractivity contribution is 5.56. The first-order chi connectivity index (χ1) is 8.04. The highest BCUT2D eigenvalue weighted by atomic mass is 15.1. The third-order valence-electron chi connectivity index (χ3n) is 2.65. The molecule has 0 amide bonds. The van der Waals surface area contributed by atoms with Crippen LogP contribution in [0.3, 0.4) is 0 Å². The van der Waals surface area contributed by atoms with Gasteiger partial charge in [-0.3, -0.25) is 4.98 Å². The van der Waals surface area contributed by atoms with Crippen LogP contribution in [0.5, 0.6) is 0 Å². The van der Waals surface area contributed by atoms with Crippen molar-refractivity contribution in [2.24, 2.45) is 5.92 Å². The summed E-state index contributed by atoms with van der Waals surface area (Å²) in [5, 5.41) is 12.4. The second-order valence-corrected chi connectivity index (χ2v) is 4.79. The number of nitrogens with one attached hydrogen (secondary N) is 1. The molecule has 0 aliphatic carbocycles. The summed E-state index contributed by atoms with van der Waals surface area (Å²) in [5.41, 5.74) is 1.46. The van der Waals surface area contributed by atoms with Crippen molar-refractivity contribution in [2.45, 2.75) is 19.9 Å². The molecule has 4 heteroatoms. The Hall–Kier alpha value is -1.60. The minimum absolute atomic E-state index is 0.307. The summed E-state index contributed by atoms with van der Waals surface area (Å²) in [7, 11) is 4.09. The van der Waals surface area contributed by atoms with Crippen molar-refractivity contribution in [2.75, 3.05) is 26.0 Å². The van der Waals surface area contributed by atoms with Gasteiger partial charge in [-0.1, -0.05) is 13.8 Å². The van der Waals surface area contributed by atoms with E-state index in [4.69, 9.17) is 5.26 Å². The van der Waals surface area contributed by atoms with Gasteiger partial charge in [-0.15, -0.1) is 0 Å². The van der Waals surface area contributed by atoms with Crippen molar-refractivity contribution in [3.8, 4) is 6.07 Å². The van der Waals surface area contributed by atoms with Gasteiger partial charge in [0.05, 0.1) is 17.4 Å². The average Bonchev–Trinajstić information content (AvgIpc) is 2.28. The predicted octanol–water partition coefficient (Wildman–Crippen LogP) is 1.95. The topological polar surface area (TPSA) is 52.0 Å². The minimum Gasteiger partial charge on any atom is -0.378 e. The van der Waals surface area contributed by atoms with Crippen LogP contribution in [-0.2, 0) is 0 Å². The molecule has 0 bridgehead atoms. The standard InChI is InChI=1S/C13H20N4/c1-10(2)13(9-17(3)4)16-12-8-15-6-5-11(12)7-14/h5-6,8,10,13,16H,9H2,1-4H3. The zero-order valence-electron chi connectivity index (χ0n) is 10.9. The van der Waals surface area contributed by atoms with E-state index in [9.17, 15) is 0 Å². The molecule has 0 fully saturated rings. The second kappa shape index (κ2) is 6.21. The number of pyridine rings is 1. The van der Waals surface area contributed by atoms with Gasteiger partial charge in [-0.05, 0) is 26.1 Å². The lowest BCUT2D eigenvalue weighted by molar-refractivity contribution is 0.344. The maximum atomic E-state index is 9.02. The lowest BCUT2D eigenvalue weighted by atomic mass is 10.0. The van der Waals surface area contributed by atoms with Gasteiger partial charge in [0.2, 0.25) is 0 Å². The van der Waals surface area contributed by atoms with Gasteiger partial charge in [-0.2, -0.15) is 5.26 Å². The first-order valence-electron chi connectivity index (χ1n) is 5.80. The molecular weight excluding hydrogens is 212 g/mol. The van der Waals surface area contributed by atoms with Crippen LogP contribution in [0.2, 0.25) is 0 Å². The molecule has 0 saturated carbocycles. The van der Waals surface area contributed by atoms with Gasteiger partial charge in [-0.25, -0.2) is 0 Å². The molecule has 0 aliphatic heterocycles. The van der Waals surface area contributed by atoms with Gasteiger partial charge in [0, 0.05) is 18.8 Å². The Kier molecular flexibility index (Phi) is 4.92. The quantitative estimate of drug-likeness (QED) is 0.843. The van der Waals surface area contributed by atoms with Gasteiger partial charge >= 0.3 is 0 Å². The molecule has 17 heavy (non-hydrogen) atoms. The van der Waals surface area contributed by atoms with Gasteiger partial charge in [0.15, 0.2) is 0 Å². The lowest BCUT2D eigenvalue weighted by Gasteiger charge is -2.26. The molecule has 0 aliphatic rings. The first-order valence-corrected chi connectivity index (χ1v) is 5.80. The lowest BCUT2D eigenvalue weighted by Crippen LogP contribution is -2.36. The van der Waals surface area contributed by atoms with Crippen LogP contribution in [0.1, 0.15) is 19.4 Å². The van der Waals surface area contributed by atoms with E-state index in [-0.39, 0.29) is 0 Å². The number of likely N-dealkylation sites (N-methyl/N-ethyl adjacent to an activating group) is 1. The Bertz CT molecular complexity index is 393.